The zero-order valence-electron chi connectivity index (χ0n) is 21.5. The molecule has 2 aromatic heterocycles. The molecule has 0 spiro atoms. The first-order valence-electron chi connectivity index (χ1n) is 13.0. The van der Waals surface area contributed by atoms with Crippen LogP contribution in [0, 0.1) is 0 Å². The van der Waals surface area contributed by atoms with Gasteiger partial charge in [-0.1, -0.05) is 84.9 Å². The minimum absolute atomic E-state index is 0.652. The number of nitrogen functional groups attached to an aromatic ring is 2. The third kappa shape index (κ3) is 4.27. The summed E-state index contributed by atoms with van der Waals surface area (Å²) in [5.74, 6) is 0. The first-order valence-corrected chi connectivity index (χ1v) is 13.0. The maximum Gasteiger partial charge on any atom is 0.0973 e. The van der Waals surface area contributed by atoms with Gasteiger partial charge in [0.25, 0.3) is 0 Å². The van der Waals surface area contributed by atoms with E-state index in [1.54, 1.807) is 0 Å². The van der Waals surface area contributed by atoms with Gasteiger partial charge in [0.05, 0.1) is 44.8 Å². The van der Waals surface area contributed by atoms with Gasteiger partial charge in [-0.3, -0.25) is 0 Å². The zero-order chi connectivity index (χ0) is 27.1. The summed E-state index contributed by atoms with van der Waals surface area (Å²) >= 11 is 0. The van der Waals surface area contributed by atoms with E-state index in [0.29, 0.717) is 11.4 Å². The third-order valence-electron chi connectivity index (χ3n) is 6.90. The maximum absolute atomic E-state index is 6.07. The van der Waals surface area contributed by atoms with Crippen molar-refractivity contribution in [1.82, 2.24) is 19.9 Å². The van der Waals surface area contributed by atoms with Crippen molar-refractivity contribution in [3.63, 3.8) is 0 Å². The molecule has 0 fully saturated rings. The molecule has 4 N–H and O–H groups in total. The van der Waals surface area contributed by atoms with Crippen LogP contribution in [0.15, 0.2) is 121 Å². The second kappa shape index (κ2) is 9.60. The van der Waals surface area contributed by atoms with E-state index in [1.807, 2.05) is 97.1 Å². The molecule has 0 aliphatic carbocycles. The van der Waals surface area contributed by atoms with Gasteiger partial charge in [-0.05, 0) is 36.4 Å². The monoisotopic (exact) mass is 516 g/mol. The molecule has 7 rings (SSSR count). The van der Waals surface area contributed by atoms with E-state index in [-0.39, 0.29) is 0 Å². The number of fused-ring (bicyclic) bond motifs is 2. The number of benzene rings is 5. The molecule has 40 heavy (non-hydrogen) atoms. The second-order valence-corrected chi connectivity index (χ2v) is 9.65. The molecular weight excluding hydrogens is 492 g/mol. The van der Waals surface area contributed by atoms with Crippen molar-refractivity contribution >= 4 is 33.4 Å². The third-order valence-corrected chi connectivity index (χ3v) is 6.90. The van der Waals surface area contributed by atoms with Gasteiger partial charge in [0.2, 0.25) is 0 Å². The fraction of sp³-hybridized carbons (Fsp3) is 0. The predicted molar refractivity (Wildman–Crippen MR) is 163 cm³/mol. The number of hydrogen-bond donors (Lipinski definition) is 2. The highest BCUT2D eigenvalue weighted by Crippen LogP contribution is 2.35. The van der Waals surface area contributed by atoms with Gasteiger partial charge < -0.3 is 11.5 Å². The summed E-state index contributed by atoms with van der Waals surface area (Å²) in [4.78, 5) is 20.0. The topological polar surface area (TPSA) is 104 Å². The van der Waals surface area contributed by atoms with Gasteiger partial charge in [0, 0.05) is 33.6 Å². The molecule has 0 unspecified atom stereocenters. The molecule has 2 heterocycles. The fourth-order valence-electron chi connectivity index (χ4n) is 4.93. The molecule has 0 aliphatic heterocycles. The Hall–Kier alpha value is -5.62. The molecule has 6 heteroatoms. The largest absolute Gasteiger partial charge is 0.399 e. The molecule has 0 amide bonds. The van der Waals surface area contributed by atoms with Gasteiger partial charge in [0.1, 0.15) is 0 Å². The fourth-order valence-corrected chi connectivity index (χ4v) is 4.93. The SMILES string of the molecule is Nc1ccc2nc(-c3ccccc3)c(-c3ccc(-c4nc5cc(N)ccc5nc4-c4ccccc4)cc3)nc2c1. The van der Waals surface area contributed by atoms with Crippen LogP contribution in [0.1, 0.15) is 0 Å². The predicted octanol–water partition coefficient (Wildman–Crippen LogP) is 7.41. The lowest BCUT2D eigenvalue weighted by atomic mass is 9.99. The van der Waals surface area contributed by atoms with Crippen LogP contribution < -0.4 is 11.5 Å². The summed E-state index contributed by atoms with van der Waals surface area (Å²) in [6.07, 6.45) is 0. The van der Waals surface area contributed by atoms with Gasteiger partial charge in [0.15, 0.2) is 0 Å². The van der Waals surface area contributed by atoms with Crippen LogP contribution in [0.5, 0.6) is 0 Å². The normalized spacial score (nSPS) is 11.2. The molecule has 190 valence electrons. The van der Waals surface area contributed by atoms with Crippen molar-refractivity contribution in [3.8, 4) is 45.0 Å². The molecule has 0 saturated carbocycles. The number of hydrogen-bond acceptors (Lipinski definition) is 6. The summed E-state index contributed by atoms with van der Waals surface area (Å²) in [6, 6.07) is 39.7. The highest BCUT2D eigenvalue weighted by Gasteiger charge is 2.16. The Bertz CT molecular complexity index is 1860. The molecule has 0 saturated heterocycles. The molecule has 6 nitrogen and oxygen atoms in total. The lowest BCUT2D eigenvalue weighted by Crippen LogP contribution is -1.98. The standard InChI is InChI=1S/C34H24N6/c35-25-15-17-27-29(19-25)39-33(31(37-27)21-7-3-1-4-8-21)23-11-13-24(14-12-23)34-32(22-9-5-2-6-10-22)38-28-18-16-26(36)20-30(28)40-34/h1-20H,35-36H2. The summed E-state index contributed by atoms with van der Waals surface area (Å²) in [5, 5.41) is 0. The lowest BCUT2D eigenvalue weighted by molar-refractivity contribution is 1.28. The van der Waals surface area contributed by atoms with Gasteiger partial charge >= 0.3 is 0 Å². The van der Waals surface area contributed by atoms with Gasteiger partial charge in [-0.25, -0.2) is 19.9 Å². The number of rotatable bonds is 4. The molecule has 0 bridgehead atoms. The summed E-state index contributed by atoms with van der Waals surface area (Å²) < 4.78 is 0. The van der Waals surface area contributed by atoms with Crippen LogP contribution >= 0.6 is 0 Å². The van der Waals surface area contributed by atoms with E-state index >= 15 is 0 Å². The Morgan fingerprint density at radius 2 is 0.650 bits per heavy atom. The summed E-state index contributed by atoms with van der Waals surface area (Å²) in [6.45, 7) is 0. The van der Waals surface area contributed by atoms with Crippen molar-refractivity contribution in [2.24, 2.45) is 0 Å². The number of nitrogens with zero attached hydrogens (tertiary/aromatic N) is 4. The summed E-state index contributed by atoms with van der Waals surface area (Å²) in [5.41, 5.74) is 23.6. The van der Waals surface area contributed by atoms with E-state index in [0.717, 1.165) is 67.1 Å². The summed E-state index contributed by atoms with van der Waals surface area (Å²) in [7, 11) is 0. The van der Waals surface area contributed by atoms with E-state index in [2.05, 4.69) is 24.3 Å². The van der Waals surface area contributed by atoms with Crippen LogP contribution in [0.4, 0.5) is 11.4 Å². The van der Waals surface area contributed by atoms with Crippen molar-refractivity contribution in [2.45, 2.75) is 0 Å². The second-order valence-electron chi connectivity index (χ2n) is 9.65. The average Bonchev–Trinajstić information content (AvgIpc) is 3.00. The van der Waals surface area contributed by atoms with Crippen molar-refractivity contribution in [2.75, 3.05) is 11.5 Å². The highest BCUT2D eigenvalue weighted by atomic mass is 14.8. The van der Waals surface area contributed by atoms with E-state index in [1.165, 1.54) is 0 Å². The van der Waals surface area contributed by atoms with Crippen molar-refractivity contribution in [1.29, 1.82) is 0 Å². The quantitative estimate of drug-likeness (QED) is 0.236. The zero-order valence-corrected chi connectivity index (χ0v) is 21.5. The molecule has 7 aromatic rings. The number of anilines is 2. The number of aromatic nitrogens is 4. The molecule has 0 aliphatic rings. The number of nitrogens with two attached hydrogens (primary N) is 2. The molecule has 0 atom stereocenters. The van der Waals surface area contributed by atoms with Crippen molar-refractivity contribution < 1.29 is 0 Å². The minimum atomic E-state index is 0.652. The Morgan fingerprint density at radius 1 is 0.325 bits per heavy atom. The first kappa shape index (κ1) is 23.5. The average molecular weight is 517 g/mol. The molecular formula is C34H24N6. The lowest BCUT2D eigenvalue weighted by Gasteiger charge is -2.13. The van der Waals surface area contributed by atoms with Crippen LogP contribution in [0.25, 0.3) is 67.1 Å². The molecule has 5 aromatic carbocycles. The van der Waals surface area contributed by atoms with Crippen LogP contribution in [0.2, 0.25) is 0 Å². The Balaban J connectivity index is 1.40. The van der Waals surface area contributed by atoms with Gasteiger partial charge in [-0.15, -0.1) is 0 Å². The smallest absolute Gasteiger partial charge is 0.0973 e. The van der Waals surface area contributed by atoms with Crippen LogP contribution in [-0.2, 0) is 0 Å². The van der Waals surface area contributed by atoms with Crippen LogP contribution in [-0.4, -0.2) is 19.9 Å². The van der Waals surface area contributed by atoms with E-state index in [4.69, 9.17) is 31.4 Å². The molecule has 0 radical (unpaired) electrons. The minimum Gasteiger partial charge on any atom is -0.399 e. The Kier molecular flexibility index (Phi) is 5.64. The van der Waals surface area contributed by atoms with E-state index < -0.39 is 0 Å². The van der Waals surface area contributed by atoms with Crippen molar-refractivity contribution in [3.05, 3.63) is 121 Å². The van der Waals surface area contributed by atoms with E-state index in [9.17, 15) is 0 Å². The van der Waals surface area contributed by atoms with Gasteiger partial charge in [-0.2, -0.15) is 0 Å². The highest BCUT2D eigenvalue weighted by molar-refractivity contribution is 5.90. The Labute approximate surface area is 231 Å². The maximum atomic E-state index is 6.07. The Morgan fingerprint density at radius 3 is 1.02 bits per heavy atom. The first-order chi connectivity index (χ1) is 19.6. The van der Waals surface area contributed by atoms with Crippen LogP contribution in [0.3, 0.4) is 0 Å².